The zero-order chi connectivity index (χ0) is 14.7. The number of likely N-dealkylation sites (tertiary alicyclic amines) is 1. The summed E-state index contributed by atoms with van der Waals surface area (Å²) < 4.78 is 0. The molecule has 2 amide bonds. The molecular formula is C16H25N3OS. The SMILES string of the molecule is CCN1CCC(CNC(=O)N2CCc3ccsc3C2)CC1. The highest BCUT2D eigenvalue weighted by atomic mass is 32.1. The lowest BCUT2D eigenvalue weighted by Gasteiger charge is -2.32. The predicted molar refractivity (Wildman–Crippen MR) is 86.7 cm³/mol. The third kappa shape index (κ3) is 3.58. The largest absolute Gasteiger partial charge is 0.338 e. The minimum Gasteiger partial charge on any atom is -0.338 e. The van der Waals surface area contributed by atoms with Crippen molar-refractivity contribution >= 4 is 17.4 Å². The minimum atomic E-state index is 0.118. The van der Waals surface area contributed by atoms with Crippen LogP contribution in [-0.4, -0.2) is 48.6 Å². The fourth-order valence-corrected chi connectivity index (χ4v) is 4.21. The molecule has 1 fully saturated rings. The van der Waals surface area contributed by atoms with Gasteiger partial charge in [0.25, 0.3) is 0 Å². The molecule has 0 radical (unpaired) electrons. The van der Waals surface area contributed by atoms with Crippen LogP contribution in [0.25, 0.3) is 0 Å². The minimum absolute atomic E-state index is 0.118. The van der Waals surface area contributed by atoms with Crippen molar-refractivity contribution in [1.29, 1.82) is 0 Å². The van der Waals surface area contributed by atoms with E-state index in [1.165, 1.54) is 36.4 Å². The Balaban J connectivity index is 1.43. The first-order valence-corrected chi connectivity index (χ1v) is 8.94. The van der Waals surface area contributed by atoms with E-state index in [1.807, 2.05) is 4.90 Å². The molecule has 3 heterocycles. The number of piperidine rings is 1. The molecular weight excluding hydrogens is 282 g/mol. The summed E-state index contributed by atoms with van der Waals surface area (Å²) in [5.74, 6) is 0.652. The number of fused-ring (bicyclic) bond motifs is 1. The first-order valence-electron chi connectivity index (χ1n) is 8.06. The number of urea groups is 1. The molecule has 1 N–H and O–H groups in total. The number of nitrogens with zero attached hydrogens (tertiary/aromatic N) is 2. The zero-order valence-electron chi connectivity index (χ0n) is 12.8. The van der Waals surface area contributed by atoms with Crippen LogP contribution < -0.4 is 5.32 Å². The Hall–Kier alpha value is -1.07. The third-order valence-corrected chi connectivity index (χ3v) is 5.75. The van der Waals surface area contributed by atoms with Crippen LogP contribution in [0.2, 0.25) is 0 Å². The molecule has 0 aromatic carbocycles. The van der Waals surface area contributed by atoms with Crippen molar-refractivity contribution in [2.24, 2.45) is 5.92 Å². The van der Waals surface area contributed by atoms with Gasteiger partial charge in [0.05, 0.1) is 6.54 Å². The molecule has 5 heteroatoms. The molecule has 0 bridgehead atoms. The summed E-state index contributed by atoms with van der Waals surface area (Å²) in [5.41, 5.74) is 1.43. The number of hydrogen-bond acceptors (Lipinski definition) is 3. The maximum Gasteiger partial charge on any atom is 0.317 e. The van der Waals surface area contributed by atoms with E-state index in [9.17, 15) is 4.79 Å². The predicted octanol–water partition coefficient (Wildman–Crippen LogP) is 2.55. The first kappa shape index (κ1) is 14.9. The Morgan fingerprint density at radius 2 is 2.19 bits per heavy atom. The molecule has 2 aliphatic rings. The molecule has 0 atom stereocenters. The average molecular weight is 307 g/mol. The molecule has 0 spiro atoms. The normalized spacial score (nSPS) is 20.3. The Morgan fingerprint density at radius 3 is 2.95 bits per heavy atom. The monoisotopic (exact) mass is 307 g/mol. The van der Waals surface area contributed by atoms with Crippen LogP contribution in [0, 0.1) is 5.92 Å². The van der Waals surface area contributed by atoms with Gasteiger partial charge in [-0.25, -0.2) is 4.79 Å². The highest BCUT2D eigenvalue weighted by Crippen LogP contribution is 2.24. The van der Waals surface area contributed by atoms with E-state index in [-0.39, 0.29) is 6.03 Å². The molecule has 4 nitrogen and oxygen atoms in total. The second kappa shape index (κ2) is 6.79. The van der Waals surface area contributed by atoms with E-state index in [0.717, 1.165) is 32.6 Å². The standard InChI is InChI=1S/C16H25N3OS/c1-2-18-7-3-13(4-8-18)11-17-16(20)19-9-5-14-6-10-21-15(14)12-19/h6,10,13H,2-5,7-9,11-12H2,1H3,(H,17,20). The van der Waals surface area contributed by atoms with Crippen LogP contribution in [0.5, 0.6) is 0 Å². The lowest BCUT2D eigenvalue weighted by molar-refractivity contribution is 0.175. The molecule has 116 valence electrons. The van der Waals surface area contributed by atoms with Gasteiger partial charge < -0.3 is 15.1 Å². The molecule has 0 unspecified atom stereocenters. The zero-order valence-corrected chi connectivity index (χ0v) is 13.6. The van der Waals surface area contributed by atoms with Crippen molar-refractivity contribution in [2.75, 3.05) is 32.7 Å². The van der Waals surface area contributed by atoms with Crippen LogP contribution in [0.15, 0.2) is 11.4 Å². The van der Waals surface area contributed by atoms with Crippen molar-refractivity contribution in [3.8, 4) is 0 Å². The fourth-order valence-electron chi connectivity index (χ4n) is 3.26. The smallest absolute Gasteiger partial charge is 0.317 e. The van der Waals surface area contributed by atoms with Gasteiger partial charge in [-0.2, -0.15) is 0 Å². The second-order valence-corrected chi connectivity index (χ2v) is 7.10. The lowest BCUT2D eigenvalue weighted by Crippen LogP contribution is -2.45. The van der Waals surface area contributed by atoms with Gasteiger partial charge in [0.1, 0.15) is 0 Å². The summed E-state index contributed by atoms with van der Waals surface area (Å²) in [5, 5.41) is 5.28. The fraction of sp³-hybridized carbons (Fsp3) is 0.688. The number of carbonyl (C=O) groups is 1. The number of amides is 2. The van der Waals surface area contributed by atoms with Crippen molar-refractivity contribution in [3.63, 3.8) is 0 Å². The molecule has 3 rings (SSSR count). The summed E-state index contributed by atoms with van der Waals surface area (Å²) in [6.45, 7) is 8.20. The van der Waals surface area contributed by atoms with Gasteiger partial charge in [-0.3, -0.25) is 0 Å². The lowest BCUT2D eigenvalue weighted by atomic mass is 9.97. The number of nitrogens with one attached hydrogen (secondary N) is 1. The van der Waals surface area contributed by atoms with E-state index < -0.39 is 0 Å². The summed E-state index contributed by atoms with van der Waals surface area (Å²) in [6.07, 6.45) is 3.42. The van der Waals surface area contributed by atoms with Gasteiger partial charge >= 0.3 is 6.03 Å². The Kier molecular flexibility index (Phi) is 4.80. The van der Waals surface area contributed by atoms with Crippen molar-refractivity contribution in [2.45, 2.75) is 32.7 Å². The maximum absolute atomic E-state index is 12.3. The van der Waals surface area contributed by atoms with Gasteiger partial charge in [-0.1, -0.05) is 6.92 Å². The molecule has 2 aliphatic heterocycles. The Labute approximate surface area is 131 Å². The number of thiophene rings is 1. The van der Waals surface area contributed by atoms with Gasteiger partial charge in [-0.05, 0) is 61.8 Å². The molecule has 1 saturated heterocycles. The summed E-state index contributed by atoms with van der Waals surface area (Å²) in [4.78, 5) is 18.1. The number of carbonyl (C=O) groups excluding carboxylic acids is 1. The van der Waals surface area contributed by atoms with Crippen LogP contribution in [0.3, 0.4) is 0 Å². The van der Waals surface area contributed by atoms with Crippen LogP contribution >= 0.6 is 11.3 Å². The second-order valence-electron chi connectivity index (χ2n) is 6.10. The first-order chi connectivity index (χ1) is 10.3. The van der Waals surface area contributed by atoms with E-state index in [2.05, 4.69) is 28.6 Å². The molecule has 1 aromatic heterocycles. The summed E-state index contributed by atoms with van der Waals surface area (Å²) in [6, 6.07) is 2.31. The Bertz CT molecular complexity index is 480. The van der Waals surface area contributed by atoms with Crippen LogP contribution in [-0.2, 0) is 13.0 Å². The van der Waals surface area contributed by atoms with Gasteiger partial charge in [0.2, 0.25) is 0 Å². The van der Waals surface area contributed by atoms with Crippen LogP contribution in [0.1, 0.15) is 30.2 Å². The number of rotatable bonds is 3. The summed E-state index contributed by atoms with van der Waals surface area (Å²) >= 11 is 1.77. The van der Waals surface area contributed by atoms with Crippen molar-refractivity contribution in [3.05, 3.63) is 21.9 Å². The van der Waals surface area contributed by atoms with Gasteiger partial charge in [0, 0.05) is 18.0 Å². The maximum atomic E-state index is 12.3. The third-order valence-electron chi connectivity index (χ3n) is 4.81. The number of hydrogen-bond donors (Lipinski definition) is 1. The van der Waals surface area contributed by atoms with E-state index >= 15 is 0 Å². The van der Waals surface area contributed by atoms with E-state index in [0.29, 0.717) is 5.92 Å². The van der Waals surface area contributed by atoms with E-state index in [1.54, 1.807) is 11.3 Å². The molecule has 21 heavy (non-hydrogen) atoms. The Morgan fingerprint density at radius 1 is 1.38 bits per heavy atom. The quantitative estimate of drug-likeness (QED) is 0.931. The molecule has 1 aromatic rings. The molecule has 0 aliphatic carbocycles. The summed E-state index contributed by atoms with van der Waals surface area (Å²) in [7, 11) is 0. The highest BCUT2D eigenvalue weighted by molar-refractivity contribution is 7.10. The highest BCUT2D eigenvalue weighted by Gasteiger charge is 2.23. The topological polar surface area (TPSA) is 35.6 Å². The van der Waals surface area contributed by atoms with Crippen LogP contribution in [0.4, 0.5) is 4.79 Å². The van der Waals surface area contributed by atoms with Crippen molar-refractivity contribution < 1.29 is 4.79 Å². The van der Waals surface area contributed by atoms with Crippen molar-refractivity contribution in [1.82, 2.24) is 15.1 Å². The van der Waals surface area contributed by atoms with Gasteiger partial charge in [0.15, 0.2) is 0 Å². The molecule has 0 saturated carbocycles. The van der Waals surface area contributed by atoms with Gasteiger partial charge in [-0.15, -0.1) is 11.3 Å². The average Bonchev–Trinajstić information content (AvgIpc) is 3.00. The van der Waals surface area contributed by atoms with E-state index in [4.69, 9.17) is 0 Å².